The molecule has 0 amide bonds. The summed E-state index contributed by atoms with van der Waals surface area (Å²) in [5.41, 5.74) is -0.255. The smallest absolute Gasteiger partial charge is 0.211 e. The highest BCUT2D eigenvalue weighted by molar-refractivity contribution is 5.36. The molecular formula is C12H8F4N2O2. The Kier molecular flexibility index (Phi) is 4.91. The van der Waals surface area contributed by atoms with E-state index < -0.39 is 24.9 Å². The molecule has 1 aromatic carbocycles. The topological polar surface area (TPSA) is 58.9 Å². The quantitative estimate of drug-likeness (QED) is 0.349. The van der Waals surface area contributed by atoms with Crippen molar-refractivity contribution in [2.75, 3.05) is 0 Å². The maximum absolute atomic E-state index is 13.2. The molecule has 0 fully saturated rings. The minimum absolute atomic E-state index is 0.128. The molecule has 4 nitrogen and oxygen atoms in total. The Balaban J connectivity index is 3.05. The summed E-state index contributed by atoms with van der Waals surface area (Å²) in [6.07, 6.45) is -0.610. The zero-order chi connectivity index (χ0) is 15.2. The number of benzene rings is 1. The Morgan fingerprint density at radius 1 is 0.850 bits per heavy atom. The van der Waals surface area contributed by atoms with Crippen LogP contribution < -0.4 is 0 Å². The molecule has 0 unspecified atom stereocenters. The molecule has 0 aliphatic rings. The van der Waals surface area contributed by atoms with Crippen LogP contribution in [0.5, 0.6) is 0 Å². The van der Waals surface area contributed by atoms with Gasteiger partial charge in [-0.3, -0.25) is 0 Å². The second kappa shape index (κ2) is 6.23. The molecule has 0 N–H and O–H groups in total. The number of carbonyl (C=O) groups excluding carboxylic acids is 2. The fourth-order valence-electron chi connectivity index (χ4n) is 1.57. The third kappa shape index (κ3) is 4.76. The average Bonchev–Trinajstić information content (AvgIpc) is 2.30. The largest absolute Gasteiger partial charge is 0.355 e. The molecule has 106 valence electrons. The Hall–Kier alpha value is -2.30. The summed E-state index contributed by atoms with van der Waals surface area (Å²) in [5.74, 6) is 0. The Morgan fingerprint density at radius 2 is 1.20 bits per heavy atom. The Morgan fingerprint density at radius 3 is 1.50 bits per heavy atom. The third-order valence-corrected chi connectivity index (χ3v) is 2.34. The molecule has 8 heteroatoms. The van der Waals surface area contributed by atoms with Crippen LogP contribution in [0.15, 0.2) is 34.3 Å². The molecular weight excluding hydrogens is 280 g/mol. The van der Waals surface area contributed by atoms with Gasteiger partial charge < -0.3 is 0 Å². The first-order chi connectivity index (χ1) is 9.29. The number of aliphatic imine (C=N–C) groups is 2. The number of halogens is 4. The van der Waals surface area contributed by atoms with Gasteiger partial charge in [-0.2, -0.15) is 17.6 Å². The maximum Gasteiger partial charge on any atom is 0.355 e. The van der Waals surface area contributed by atoms with E-state index in [-0.39, 0.29) is 11.1 Å². The van der Waals surface area contributed by atoms with Gasteiger partial charge in [-0.25, -0.2) is 9.59 Å². The third-order valence-electron chi connectivity index (χ3n) is 2.34. The average molecular weight is 288 g/mol. The standard InChI is InChI=1S/C12H8F4N2O2/c13-11(14,17-7-19)5-9-3-1-2-4-10(9)6-12(15,16)18-8-20/h1-4H,5-6H2. The normalized spacial score (nSPS) is 11.4. The number of alkyl halides is 4. The lowest BCUT2D eigenvalue weighted by Gasteiger charge is -2.15. The first-order valence-corrected chi connectivity index (χ1v) is 5.30. The number of nitrogens with zero attached hydrogens (tertiary/aromatic N) is 2. The molecule has 0 aliphatic heterocycles. The van der Waals surface area contributed by atoms with Crippen LogP contribution in [-0.4, -0.2) is 24.3 Å². The molecule has 1 aromatic rings. The highest BCUT2D eigenvalue weighted by Crippen LogP contribution is 2.27. The summed E-state index contributed by atoms with van der Waals surface area (Å²) in [6.45, 7) is 0. The zero-order valence-corrected chi connectivity index (χ0v) is 9.95. The summed E-state index contributed by atoms with van der Waals surface area (Å²) in [4.78, 5) is 24.3. The summed E-state index contributed by atoms with van der Waals surface area (Å²) in [5, 5.41) is 0. The Labute approximate surface area is 110 Å². The predicted octanol–water partition coefficient (Wildman–Crippen LogP) is 2.63. The summed E-state index contributed by atoms with van der Waals surface area (Å²) >= 11 is 0. The van der Waals surface area contributed by atoms with Crippen molar-refractivity contribution in [2.24, 2.45) is 9.98 Å². The highest BCUT2D eigenvalue weighted by Gasteiger charge is 2.33. The zero-order valence-electron chi connectivity index (χ0n) is 9.95. The van der Waals surface area contributed by atoms with E-state index in [1.165, 1.54) is 24.3 Å². The Bertz CT molecular complexity index is 526. The molecule has 0 aliphatic carbocycles. The lowest BCUT2D eigenvalue weighted by molar-refractivity contribution is 0.00519. The summed E-state index contributed by atoms with van der Waals surface area (Å²) in [7, 11) is 0. The molecule has 1 rings (SSSR count). The van der Waals surface area contributed by atoms with Crippen LogP contribution in [0.2, 0.25) is 0 Å². The van der Waals surface area contributed by atoms with Crippen molar-refractivity contribution in [3.63, 3.8) is 0 Å². The van der Waals surface area contributed by atoms with Gasteiger partial charge in [0.15, 0.2) is 0 Å². The number of rotatable bonds is 6. The van der Waals surface area contributed by atoms with Crippen molar-refractivity contribution >= 4 is 12.2 Å². The van der Waals surface area contributed by atoms with Crippen molar-refractivity contribution < 1.29 is 27.2 Å². The number of hydrogen-bond acceptors (Lipinski definition) is 4. The van der Waals surface area contributed by atoms with Gasteiger partial charge in [-0.05, 0) is 11.1 Å². The van der Waals surface area contributed by atoms with E-state index in [1.807, 2.05) is 0 Å². The van der Waals surface area contributed by atoms with E-state index in [4.69, 9.17) is 0 Å². The van der Waals surface area contributed by atoms with E-state index in [0.29, 0.717) is 0 Å². The van der Waals surface area contributed by atoms with Crippen LogP contribution in [0.1, 0.15) is 11.1 Å². The van der Waals surface area contributed by atoms with Gasteiger partial charge in [0.2, 0.25) is 12.2 Å². The second-order valence-electron chi connectivity index (χ2n) is 3.86. The van der Waals surface area contributed by atoms with E-state index in [1.54, 1.807) is 0 Å². The summed E-state index contributed by atoms with van der Waals surface area (Å²) in [6, 6.07) is -2.32. The van der Waals surface area contributed by atoms with Gasteiger partial charge >= 0.3 is 12.1 Å². The maximum atomic E-state index is 13.2. The molecule has 0 radical (unpaired) electrons. The molecule has 0 aromatic heterocycles. The van der Waals surface area contributed by atoms with Crippen molar-refractivity contribution in [1.82, 2.24) is 0 Å². The van der Waals surface area contributed by atoms with E-state index in [9.17, 15) is 27.2 Å². The lowest BCUT2D eigenvalue weighted by atomic mass is 10.00. The summed E-state index contributed by atoms with van der Waals surface area (Å²) < 4.78 is 52.7. The molecule has 0 saturated heterocycles. The second-order valence-corrected chi connectivity index (χ2v) is 3.86. The molecule has 0 bridgehead atoms. The van der Waals surface area contributed by atoms with Crippen molar-refractivity contribution in [3.05, 3.63) is 35.4 Å². The van der Waals surface area contributed by atoms with Gasteiger partial charge in [0.1, 0.15) is 0 Å². The first kappa shape index (κ1) is 15.8. The van der Waals surface area contributed by atoms with Crippen molar-refractivity contribution in [1.29, 1.82) is 0 Å². The van der Waals surface area contributed by atoms with Crippen molar-refractivity contribution in [3.8, 4) is 0 Å². The van der Waals surface area contributed by atoms with Crippen LogP contribution in [0.4, 0.5) is 17.6 Å². The van der Waals surface area contributed by atoms with E-state index in [2.05, 4.69) is 9.98 Å². The van der Waals surface area contributed by atoms with Crippen molar-refractivity contribution in [2.45, 2.75) is 24.9 Å². The molecule has 0 atom stereocenters. The lowest BCUT2D eigenvalue weighted by Crippen LogP contribution is -2.21. The van der Waals surface area contributed by atoms with Gasteiger partial charge in [0, 0.05) is 0 Å². The van der Waals surface area contributed by atoms with Gasteiger partial charge in [-0.1, -0.05) is 24.3 Å². The minimum atomic E-state index is -3.74. The first-order valence-electron chi connectivity index (χ1n) is 5.30. The number of hydrogen-bond donors (Lipinski definition) is 0. The molecule has 0 saturated carbocycles. The highest BCUT2D eigenvalue weighted by atomic mass is 19.3. The van der Waals surface area contributed by atoms with E-state index >= 15 is 0 Å². The fraction of sp³-hybridized carbons (Fsp3) is 0.333. The molecule has 20 heavy (non-hydrogen) atoms. The van der Waals surface area contributed by atoms with Gasteiger partial charge in [0.05, 0.1) is 12.8 Å². The predicted molar refractivity (Wildman–Crippen MR) is 60.0 cm³/mol. The van der Waals surface area contributed by atoms with Crippen LogP contribution in [0.25, 0.3) is 0 Å². The number of isocyanates is 2. The monoisotopic (exact) mass is 288 g/mol. The fourth-order valence-corrected chi connectivity index (χ4v) is 1.57. The molecule has 0 heterocycles. The van der Waals surface area contributed by atoms with Crippen LogP contribution in [0, 0.1) is 0 Å². The van der Waals surface area contributed by atoms with Crippen LogP contribution in [0.3, 0.4) is 0 Å². The van der Waals surface area contributed by atoms with Crippen LogP contribution >= 0.6 is 0 Å². The van der Waals surface area contributed by atoms with Crippen LogP contribution in [-0.2, 0) is 22.4 Å². The van der Waals surface area contributed by atoms with Gasteiger partial charge in [-0.15, -0.1) is 9.98 Å². The minimum Gasteiger partial charge on any atom is -0.211 e. The molecule has 0 spiro atoms. The van der Waals surface area contributed by atoms with E-state index in [0.717, 1.165) is 12.2 Å². The SMILES string of the molecule is O=C=NC(F)(F)Cc1ccccc1CC(F)(F)N=C=O. The van der Waals surface area contributed by atoms with Gasteiger partial charge in [0.25, 0.3) is 0 Å².